The van der Waals surface area contributed by atoms with Crippen molar-refractivity contribution in [1.29, 1.82) is 0 Å². The number of hydrogen-bond donors (Lipinski definition) is 2. The molecule has 0 aromatic heterocycles. The summed E-state index contributed by atoms with van der Waals surface area (Å²) in [6.45, 7) is 1.96. The first kappa shape index (κ1) is 10.2. The molecule has 1 unspecified atom stereocenters. The Balaban J connectivity index is 2.74. The normalized spacial score (nSPS) is 21.6. The first-order valence-corrected chi connectivity index (χ1v) is 4.61. The van der Waals surface area contributed by atoms with Gasteiger partial charge in [-0.1, -0.05) is 13.0 Å². The first-order chi connectivity index (χ1) is 6.15. The van der Waals surface area contributed by atoms with Gasteiger partial charge >= 0.3 is 0 Å². The van der Waals surface area contributed by atoms with Crippen LogP contribution >= 0.6 is 12.2 Å². The molecule has 0 saturated heterocycles. The predicted molar refractivity (Wildman–Crippen MR) is 55.8 cm³/mol. The minimum Gasteiger partial charge on any atom is -0.366 e. The second kappa shape index (κ2) is 4.37. The van der Waals surface area contributed by atoms with E-state index in [4.69, 9.17) is 12.2 Å². The lowest BCUT2D eigenvalue weighted by atomic mass is 9.98. The average Bonchev–Trinajstić information content (AvgIpc) is 2.11. The molecular formula is C9H13FN2S. The molecule has 0 aliphatic heterocycles. The maximum absolute atomic E-state index is 13.2. The number of allylic oxidation sites excluding steroid dienone is 4. The summed E-state index contributed by atoms with van der Waals surface area (Å²) in [6.07, 6.45) is 4.15. The molecule has 0 aromatic rings. The Morgan fingerprint density at radius 2 is 2.38 bits per heavy atom. The summed E-state index contributed by atoms with van der Waals surface area (Å²) in [4.78, 5) is 0. The maximum Gasteiger partial charge on any atom is 0.170 e. The Hall–Kier alpha value is -0.900. The molecule has 1 aliphatic carbocycles. The molecule has 13 heavy (non-hydrogen) atoms. The van der Waals surface area contributed by atoms with E-state index in [0.29, 0.717) is 10.8 Å². The summed E-state index contributed by atoms with van der Waals surface area (Å²) in [5.41, 5.74) is 0.571. The lowest BCUT2D eigenvalue weighted by Gasteiger charge is -2.20. The highest BCUT2D eigenvalue weighted by atomic mass is 32.1. The van der Waals surface area contributed by atoms with Gasteiger partial charge in [0.1, 0.15) is 5.83 Å². The van der Waals surface area contributed by atoms with E-state index in [0.717, 1.165) is 6.42 Å². The van der Waals surface area contributed by atoms with Crippen LogP contribution in [0.1, 0.15) is 13.3 Å². The van der Waals surface area contributed by atoms with Gasteiger partial charge in [-0.3, -0.25) is 0 Å². The molecule has 2 nitrogen and oxygen atoms in total. The topological polar surface area (TPSA) is 24.1 Å². The quantitative estimate of drug-likeness (QED) is 0.632. The van der Waals surface area contributed by atoms with Gasteiger partial charge in [0, 0.05) is 13.0 Å². The highest BCUT2D eigenvalue weighted by molar-refractivity contribution is 7.80. The predicted octanol–water partition coefficient (Wildman–Crippen LogP) is 1.86. The van der Waals surface area contributed by atoms with Crippen LogP contribution in [-0.2, 0) is 0 Å². The summed E-state index contributed by atoms with van der Waals surface area (Å²) in [5.74, 6) is -0.0624. The zero-order valence-electron chi connectivity index (χ0n) is 7.73. The van der Waals surface area contributed by atoms with Gasteiger partial charge in [0.05, 0.1) is 5.70 Å². The summed E-state index contributed by atoms with van der Waals surface area (Å²) >= 11 is 4.89. The summed E-state index contributed by atoms with van der Waals surface area (Å²) in [5, 5.41) is 6.04. The highest BCUT2D eigenvalue weighted by Crippen LogP contribution is 2.23. The van der Waals surface area contributed by atoms with Crippen molar-refractivity contribution in [2.45, 2.75) is 13.3 Å². The summed E-state index contributed by atoms with van der Waals surface area (Å²) < 4.78 is 13.2. The second-order valence-electron chi connectivity index (χ2n) is 3.00. The Bertz CT molecular complexity index is 271. The van der Waals surface area contributed by atoms with Gasteiger partial charge in [0.2, 0.25) is 0 Å². The fourth-order valence-electron chi connectivity index (χ4n) is 1.19. The number of nitrogens with one attached hydrogen (secondary N) is 2. The molecule has 1 atom stereocenters. The molecular weight excluding hydrogens is 187 g/mol. The fraction of sp³-hybridized carbons (Fsp3) is 0.444. The molecule has 0 spiro atoms. The molecule has 1 aliphatic rings. The van der Waals surface area contributed by atoms with Gasteiger partial charge in [0.25, 0.3) is 0 Å². The molecule has 0 fully saturated rings. The van der Waals surface area contributed by atoms with Crippen molar-refractivity contribution in [2.24, 2.45) is 5.92 Å². The van der Waals surface area contributed by atoms with Gasteiger partial charge in [-0.2, -0.15) is 0 Å². The van der Waals surface area contributed by atoms with E-state index in [9.17, 15) is 4.39 Å². The van der Waals surface area contributed by atoms with E-state index in [2.05, 4.69) is 10.6 Å². The SMILES string of the molecule is CNC(=S)NC1=C(F)C=CCC1C. The third-order valence-corrected chi connectivity index (χ3v) is 2.29. The number of thiocarbonyl (C=S) groups is 1. The van der Waals surface area contributed by atoms with Crippen molar-refractivity contribution >= 4 is 17.3 Å². The summed E-state index contributed by atoms with van der Waals surface area (Å²) in [6, 6.07) is 0. The lowest BCUT2D eigenvalue weighted by molar-refractivity contribution is 0.563. The minimum absolute atomic E-state index is 0.163. The molecule has 1 rings (SSSR count). The third-order valence-electron chi connectivity index (χ3n) is 1.98. The number of rotatable bonds is 1. The van der Waals surface area contributed by atoms with Crippen molar-refractivity contribution in [1.82, 2.24) is 10.6 Å². The monoisotopic (exact) mass is 200 g/mol. The first-order valence-electron chi connectivity index (χ1n) is 4.20. The van der Waals surface area contributed by atoms with Crippen LogP contribution in [0.15, 0.2) is 23.7 Å². The second-order valence-corrected chi connectivity index (χ2v) is 3.41. The standard InChI is InChI=1S/C9H13FN2S/c1-6-4-3-5-7(10)8(6)12-9(13)11-2/h3,5-6H,4H2,1-2H3,(H2,11,12,13). The summed E-state index contributed by atoms with van der Waals surface area (Å²) in [7, 11) is 1.71. The smallest absolute Gasteiger partial charge is 0.170 e. The largest absolute Gasteiger partial charge is 0.366 e. The fourth-order valence-corrected chi connectivity index (χ4v) is 1.30. The molecule has 0 heterocycles. The van der Waals surface area contributed by atoms with Crippen LogP contribution in [0, 0.1) is 5.92 Å². The van der Waals surface area contributed by atoms with Crippen molar-refractivity contribution in [2.75, 3.05) is 7.05 Å². The van der Waals surface area contributed by atoms with E-state index in [1.165, 1.54) is 6.08 Å². The van der Waals surface area contributed by atoms with Crippen LogP contribution in [0.5, 0.6) is 0 Å². The Morgan fingerprint density at radius 3 is 2.92 bits per heavy atom. The van der Waals surface area contributed by atoms with Crippen LogP contribution in [-0.4, -0.2) is 12.2 Å². The number of halogens is 1. The lowest BCUT2D eigenvalue weighted by Crippen LogP contribution is -2.34. The molecule has 72 valence electrons. The van der Waals surface area contributed by atoms with E-state index in [1.807, 2.05) is 13.0 Å². The van der Waals surface area contributed by atoms with Gasteiger partial charge in [0.15, 0.2) is 5.11 Å². The molecule has 0 amide bonds. The third kappa shape index (κ3) is 2.52. The van der Waals surface area contributed by atoms with Crippen LogP contribution in [0.2, 0.25) is 0 Å². The Kier molecular flexibility index (Phi) is 3.42. The molecule has 4 heteroatoms. The minimum atomic E-state index is -0.226. The average molecular weight is 200 g/mol. The van der Waals surface area contributed by atoms with Crippen molar-refractivity contribution < 1.29 is 4.39 Å². The zero-order valence-corrected chi connectivity index (χ0v) is 8.54. The van der Waals surface area contributed by atoms with E-state index < -0.39 is 0 Å². The van der Waals surface area contributed by atoms with E-state index in [1.54, 1.807) is 7.05 Å². The molecule has 2 N–H and O–H groups in total. The zero-order chi connectivity index (χ0) is 9.84. The van der Waals surface area contributed by atoms with Crippen LogP contribution < -0.4 is 10.6 Å². The van der Waals surface area contributed by atoms with Crippen molar-refractivity contribution in [3.63, 3.8) is 0 Å². The molecule has 0 radical (unpaired) electrons. The Morgan fingerprint density at radius 1 is 1.69 bits per heavy atom. The number of hydrogen-bond acceptors (Lipinski definition) is 1. The van der Waals surface area contributed by atoms with Crippen LogP contribution in [0.3, 0.4) is 0 Å². The maximum atomic E-state index is 13.2. The molecule has 0 saturated carbocycles. The molecule has 0 aromatic carbocycles. The van der Waals surface area contributed by atoms with Crippen LogP contribution in [0.25, 0.3) is 0 Å². The van der Waals surface area contributed by atoms with Gasteiger partial charge in [-0.05, 0) is 24.7 Å². The van der Waals surface area contributed by atoms with Crippen molar-refractivity contribution in [3.05, 3.63) is 23.7 Å². The van der Waals surface area contributed by atoms with Gasteiger partial charge in [-0.25, -0.2) is 4.39 Å². The van der Waals surface area contributed by atoms with E-state index >= 15 is 0 Å². The van der Waals surface area contributed by atoms with Crippen LogP contribution in [0.4, 0.5) is 4.39 Å². The van der Waals surface area contributed by atoms with Crippen molar-refractivity contribution in [3.8, 4) is 0 Å². The highest BCUT2D eigenvalue weighted by Gasteiger charge is 2.16. The Labute approximate surface area is 82.9 Å². The van der Waals surface area contributed by atoms with Gasteiger partial charge in [-0.15, -0.1) is 0 Å². The molecule has 0 bridgehead atoms. The van der Waals surface area contributed by atoms with Gasteiger partial charge < -0.3 is 10.6 Å². The van der Waals surface area contributed by atoms with E-state index in [-0.39, 0.29) is 11.7 Å².